The molecule has 0 fully saturated rings. The van der Waals surface area contributed by atoms with E-state index < -0.39 is 6.10 Å². The van der Waals surface area contributed by atoms with Crippen LogP contribution in [0.2, 0.25) is 5.02 Å². The van der Waals surface area contributed by atoms with Crippen molar-refractivity contribution in [3.05, 3.63) is 34.9 Å². The zero-order chi connectivity index (χ0) is 11.8. The van der Waals surface area contributed by atoms with Crippen molar-refractivity contribution in [1.82, 2.24) is 0 Å². The molecule has 0 heterocycles. The van der Waals surface area contributed by atoms with Crippen LogP contribution in [0.1, 0.15) is 5.56 Å². The number of hydrogen-bond acceptors (Lipinski definition) is 3. The highest BCUT2D eigenvalue weighted by atomic mass is 35.5. The van der Waals surface area contributed by atoms with Gasteiger partial charge < -0.3 is 10.2 Å². The maximum atomic E-state index is 9.07. The van der Waals surface area contributed by atoms with Gasteiger partial charge in [0, 0.05) is 16.3 Å². The molecule has 0 aliphatic rings. The van der Waals surface area contributed by atoms with Crippen LogP contribution in [0, 0.1) is 11.8 Å². The highest BCUT2D eigenvalue weighted by molar-refractivity contribution is 7.99. The van der Waals surface area contributed by atoms with Gasteiger partial charge in [-0.15, -0.1) is 11.8 Å². The molecule has 0 amide bonds. The Kier molecular flexibility index (Phi) is 6.36. The van der Waals surface area contributed by atoms with Gasteiger partial charge in [0.05, 0.1) is 18.5 Å². The largest absolute Gasteiger partial charge is 0.394 e. The molecule has 0 aromatic heterocycles. The SMILES string of the molecule is OC[C@H](O)CSCC#Cc1ccc(Cl)cc1. The van der Waals surface area contributed by atoms with Gasteiger partial charge in [0.2, 0.25) is 0 Å². The second-order valence-electron chi connectivity index (χ2n) is 3.16. The molecule has 86 valence electrons. The van der Waals surface area contributed by atoms with Gasteiger partial charge in [-0.2, -0.15) is 0 Å². The molecule has 1 aromatic rings. The molecule has 2 nitrogen and oxygen atoms in total. The number of hydrogen-bond donors (Lipinski definition) is 2. The summed E-state index contributed by atoms with van der Waals surface area (Å²) in [6, 6.07) is 7.33. The van der Waals surface area contributed by atoms with E-state index in [1.165, 1.54) is 11.8 Å². The average molecular weight is 257 g/mol. The molecule has 0 spiro atoms. The summed E-state index contributed by atoms with van der Waals surface area (Å²) in [7, 11) is 0. The Bertz CT molecular complexity index is 367. The highest BCUT2D eigenvalue weighted by Gasteiger charge is 1.99. The van der Waals surface area contributed by atoms with Crippen LogP contribution in [0.3, 0.4) is 0 Å². The summed E-state index contributed by atoms with van der Waals surface area (Å²) in [6.07, 6.45) is -0.651. The topological polar surface area (TPSA) is 40.5 Å². The lowest BCUT2D eigenvalue weighted by Crippen LogP contribution is -2.14. The third-order valence-corrected chi connectivity index (χ3v) is 2.99. The van der Waals surface area contributed by atoms with E-state index in [9.17, 15) is 0 Å². The van der Waals surface area contributed by atoms with Crippen molar-refractivity contribution in [2.24, 2.45) is 0 Å². The summed E-state index contributed by atoms with van der Waals surface area (Å²) in [5.41, 5.74) is 0.924. The van der Waals surface area contributed by atoms with Gasteiger partial charge in [-0.3, -0.25) is 0 Å². The lowest BCUT2D eigenvalue weighted by atomic mass is 10.2. The quantitative estimate of drug-likeness (QED) is 0.637. The van der Waals surface area contributed by atoms with E-state index in [2.05, 4.69) is 11.8 Å². The fraction of sp³-hybridized carbons (Fsp3) is 0.333. The lowest BCUT2D eigenvalue weighted by molar-refractivity contribution is 0.113. The van der Waals surface area contributed by atoms with Crippen molar-refractivity contribution in [1.29, 1.82) is 0 Å². The monoisotopic (exact) mass is 256 g/mol. The number of rotatable bonds is 4. The Morgan fingerprint density at radius 3 is 2.62 bits per heavy atom. The molecule has 2 N–H and O–H groups in total. The highest BCUT2D eigenvalue weighted by Crippen LogP contribution is 2.08. The minimum atomic E-state index is -0.651. The van der Waals surface area contributed by atoms with Crippen LogP contribution in [0.15, 0.2) is 24.3 Å². The van der Waals surface area contributed by atoms with Crippen LogP contribution < -0.4 is 0 Å². The Labute approximate surface area is 105 Å². The maximum absolute atomic E-state index is 9.07. The molecular weight excluding hydrogens is 244 g/mol. The number of thioether (sulfide) groups is 1. The molecule has 0 unspecified atom stereocenters. The molecule has 0 radical (unpaired) electrons. The molecule has 0 saturated heterocycles. The predicted molar refractivity (Wildman–Crippen MR) is 68.7 cm³/mol. The first-order valence-corrected chi connectivity index (χ1v) is 6.36. The van der Waals surface area contributed by atoms with Crippen molar-refractivity contribution in [3.8, 4) is 11.8 Å². The Morgan fingerprint density at radius 1 is 1.31 bits per heavy atom. The Balaban J connectivity index is 2.30. The van der Waals surface area contributed by atoms with Gasteiger partial charge in [-0.05, 0) is 24.3 Å². The minimum Gasteiger partial charge on any atom is -0.394 e. The summed E-state index contributed by atoms with van der Waals surface area (Å²) in [4.78, 5) is 0. The molecule has 16 heavy (non-hydrogen) atoms. The normalized spacial score (nSPS) is 11.7. The van der Waals surface area contributed by atoms with E-state index in [-0.39, 0.29) is 6.61 Å². The third kappa shape index (κ3) is 5.43. The number of aliphatic hydroxyl groups is 2. The van der Waals surface area contributed by atoms with Crippen LogP contribution in [0.5, 0.6) is 0 Å². The van der Waals surface area contributed by atoms with Gasteiger partial charge in [-0.1, -0.05) is 23.4 Å². The first-order valence-electron chi connectivity index (χ1n) is 4.83. The van der Waals surface area contributed by atoms with Crippen molar-refractivity contribution in [3.63, 3.8) is 0 Å². The van der Waals surface area contributed by atoms with Crippen LogP contribution in [-0.4, -0.2) is 34.4 Å². The van der Waals surface area contributed by atoms with Crippen molar-refractivity contribution in [2.75, 3.05) is 18.1 Å². The summed E-state index contributed by atoms with van der Waals surface area (Å²) in [5, 5.41) is 18.4. The molecule has 1 aromatic carbocycles. The first kappa shape index (κ1) is 13.4. The smallest absolute Gasteiger partial charge is 0.0861 e. The molecular formula is C12H13ClO2S. The van der Waals surface area contributed by atoms with Gasteiger partial charge in [-0.25, -0.2) is 0 Å². The molecule has 4 heteroatoms. The second kappa shape index (κ2) is 7.59. The second-order valence-corrected chi connectivity index (χ2v) is 4.63. The summed E-state index contributed by atoms with van der Waals surface area (Å²) in [5.74, 6) is 7.11. The van der Waals surface area contributed by atoms with Crippen molar-refractivity contribution in [2.45, 2.75) is 6.10 Å². The fourth-order valence-electron chi connectivity index (χ4n) is 0.970. The summed E-state index contributed by atoms with van der Waals surface area (Å²) in [6.45, 7) is -0.197. The van der Waals surface area contributed by atoms with Gasteiger partial charge in [0.25, 0.3) is 0 Å². The van der Waals surface area contributed by atoms with Gasteiger partial charge in [0.15, 0.2) is 0 Å². The van der Waals surface area contributed by atoms with Crippen LogP contribution in [0.25, 0.3) is 0 Å². The minimum absolute atomic E-state index is 0.197. The molecule has 0 aliphatic carbocycles. The van der Waals surface area contributed by atoms with E-state index in [1.807, 2.05) is 12.1 Å². The average Bonchev–Trinajstić information content (AvgIpc) is 2.31. The lowest BCUT2D eigenvalue weighted by Gasteiger charge is -2.02. The first-order chi connectivity index (χ1) is 7.72. The van der Waals surface area contributed by atoms with Crippen LogP contribution in [-0.2, 0) is 0 Å². The fourth-order valence-corrected chi connectivity index (χ4v) is 1.77. The van der Waals surface area contributed by atoms with Gasteiger partial charge >= 0.3 is 0 Å². The summed E-state index contributed by atoms with van der Waals surface area (Å²) < 4.78 is 0. The van der Waals surface area contributed by atoms with E-state index >= 15 is 0 Å². The molecule has 0 saturated carbocycles. The summed E-state index contributed by atoms with van der Waals surface area (Å²) >= 11 is 7.24. The van der Waals surface area contributed by atoms with E-state index in [1.54, 1.807) is 12.1 Å². The van der Waals surface area contributed by atoms with Gasteiger partial charge in [0.1, 0.15) is 0 Å². The number of halogens is 1. The predicted octanol–water partition coefficient (Wildman–Crippen LogP) is 1.78. The van der Waals surface area contributed by atoms with Crippen LogP contribution >= 0.6 is 23.4 Å². The molecule has 0 bridgehead atoms. The zero-order valence-corrected chi connectivity index (χ0v) is 10.3. The van der Waals surface area contributed by atoms with Crippen molar-refractivity contribution >= 4 is 23.4 Å². The molecule has 1 atom stereocenters. The molecule has 1 rings (SSSR count). The Hall–Kier alpha value is -0.660. The number of aliphatic hydroxyl groups excluding tert-OH is 2. The van der Waals surface area contributed by atoms with E-state index in [4.69, 9.17) is 21.8 Å². The number of benzene rings is 1. The molecule has 0 aliphatic heterocycles. The standard InChI is InChI=1S/C12H13ClO2S/c13-11-5-3-10(4-6-11)2-1-7-16-9-12(15)8-14/h3-6,12,14-15H,7-9H2/t12-/m0/s1. The zero-order valence-electron chi connectivity index (χ0n) is 8.69. The Morgan fingerprint density at radius 2 is 2.00 bits per heavy atom. The van der Waals surface area contributed by atoms with E-state index in [0.717, 1.165) is 5.56 Å². The van der Waals surface area contributed by atoms with E-state index in [0.29, 0.717) is 16.5 Å². The van der Waals surface area contributed by atoms with Crippen molar-refractivity contribution < 1.29 is 10.2 Å². The maximum Gasteiger partial charge on any atom is 0.0861 e. The third-order valence-electron chi connectivity index (χ3n) is 1.77. The van der Waals surface area contributed by atoms with Crippen LogP contribution in [0.4, 0.5) is 0 Å².